The van der Waals surface area contributed by atoms with E-state index in [2.05, 4.69) is 0 Å². The van der Waals surface area contributed by atoms with Crippen LogP contribution in [0.1, 0.15) is 52.0 Å². The number of phenols is 1. The molecule has 0 amide bonds. The Morgan fingerprint density at radius 2 is 1.83 bits per heavy atom. The summed E-state index contributed by atoms with van der Waals surface area (Å²) in [6.45, 7) is 1.68. The first-order valence-electron chi connectivity index (χ1n) is 6.11. The van der Waals surface area contributed by atoms with Crippen molar-refractivity contribution in [3.63, 3.8) is 0 Å². The molecule has 3 nitrogen and oxygen atoms in total. The van der Waals surface area contributed by atoms with Gasteiger partial charge in [-0.2, -0.15) is 0 Å². The van der Waals surface area contributed by atoms with Crippen molar-refractivity contribution in [1.29, 1.82) is 0 Å². The molecule has 0 unspecified atom stereocenters. The van der Waals surface area contributed by atoms with Gasteiger partial charge in [-0.05, 0) is 31.4 Å². The summed E-state index contributed by atoms with van der Waals surface area (Å²) in [6, 6.07) is 1.35. The van der Waals surface area contributed by atoms with Crippen LogP contribution in [-0.4, -0.2) is 16.7 Å². The summed E-state index contributed by atoms with van der Waals surface area (Å²) >= 11 is 5.96. The number of aromatic hydroxyl groups is 1. The van der Waals surface area contributed by atoms with Crippen LogP contribution in [0, 0.1) is 12.3 Å². The monoisotopic (exact) mass is 264 g/mol. The van der Waals surface area contributed by atoms with Gasteiger partial charge in [0.25, 0.3) is 0 Å². The zero-order chi connectivity index (χ0) is 13.1. The van der Waals surface area contributed by atoms with Gasteiger partial charge in [-0.3, -0.25) is 9.59 Å². The number of hydrogen-bond donors (Lipinski definition) is 1. The number of benzene rings is 1. The van der Waals surface area contributed by atoms with Crippen LogP contribution in [0.2, 0.25) is 5.02 Å². The Kier molecular flexibility index (Phi) is 2.33. The highest BCUT2D eigenvalue weighted by Gasteiger charge is 2.54. The minimum absolute atomic E-state index is 0.0978. The van der Waals surface area contributed by atoms with Gasteiger partial charge in [0.2, 0.25) is 0 Å². The van der Waals surface area contributed by atoms with Crippen molar-refractivity contribution in [3.05, 3.63) is 27.8 Å². The topological polar surface area (TPSA) is 54.4 Å². The number of hydrogen-bond acceptors (Lipinski definition) is 3. The third-order valence-corrected chi connectivity index (χ3v) is 4.75. The van der Waals surface area contributed by atoms with Gasteiger partial charge in [0.15, 0.2) is 11.6 Å². The zero-order valence-electron chi connectivity index (χ0n) is 10.0. The van der Waals surface area contributed by atoms with E-state index in [0.29, 0.717) is 29.5 Å². The first-order chi connectivity index (χ1) is 8.49. The molecule has 0 aromatic heterocycles. The van der Waals surface area contributed by atoms with Crippen molar-refractivity contribution in [2.75, 3.05) is 0 Å². The van der Waals surface area contributed by atoms with E-state index in [1.807, 2.05) is 0 Å². The predicted molar refractivity (Wildman–Crippen MR) is 67.4 cm³/mol. The summed E-state index contributed by atoms with van der Waals surface area (Å²) in [5, 5.41) is 9.88. The smallest absolute Gasteiger partial charge is 0.177 e. The molecule has 0 radical (unpaired) electrons. The second kappa shape index (κ2) is 3.58. The summed E-state index contributed by atoms with van der Waals surface area (Å²) in [4.78, 5) is 25.0. The van der Waals surface area contributed by atoms with Crippen molar-refractivity contribution in [1.82, 2.24) is 0 Å². The first-order valence-corrected chi connectivity index (χ1v) is 6.48. The third kappa shape index (κ3) is 1.20. The number of rotatable bonds is 0. The van der Waals surface area contributed by atoms with E-state index in [-0.39, 0.29) is 22.3 Å². The van der Waals surface area contributed by atoms with E-state index in [1.54, 1.807) is 6.92 Å². The van der Waals surface area contributed by atoms with Gasteiger partial charge in [-0.1, -0.05) is 24.4 Å². The fourth-order valence-corrected chi connectivity index (χ4v) is 3.43. The van der Waals surface area contributed by atoms with Crippen molar-refractivity contribution >= 4 is 23.2 Å². The Morgan fingerprint density at radius 3 is 2.44 bits per heavy atom. The van der Waals surface area contributed by atoms with E-state index in [1.165, 1.54) is 6.07 Å². The van der Waals surface area contributed by atoms with E-state index in [4.69, 9.17) is 11.6 Å². The van der Waals surface area contributed by atoms with Gasteiger partial charge >= 0.3 is 0 Å². The molecule has 2 aliphatic rings. The number of carbonyl (C=O) groups excluding carboxylic acids is 2. The number of ketones is 2. The number of Topliss-reactive ketones (excluding diaryl/α,β-unsaturated/α-hetero) is 2. The number of carbonyl (C=O) groups is 2. The molecule has 1 spiro atoms. The van der Waals surface area contributed by atoms with Crippen molar-refractivity contribution in [2.24, 2.45) is 5.41 Å². The molecule has 0 heterocycles. The quantitative estimate of drug-likeness (QED) is 0.732. The maximum atomic E-state index is 12.6. The molecule has 3 rings (SSSR count). The standard InChI is InChI=1S/C14H13ClO3/c1-7-10-8(6-9(16)11(7)15)12(17)14(13(10)18)4-2-3-5-14/h6,16H,2-5H2,1H3. The number of fused-ring (bicyclic) bond motifs is 1. The molecule has 1 aromatic rings. The van der Waals surface area contributed by atoms with Gasteiger partial charge in [-0.25, -0.2) is 0 Å². The number of halogens is 1. The second-order valence-electron chi connectivity index (χ2n) is 5.20. The molecular formula is C14H13ClO3. The van der Waals surface area contributed by atoms with Crippen LogP contribution in [0.15, 0.2) is 6.07 Å². The highest BCUT2D eigenvalue weighted by Crippen LogP contribution is 2.51. The fourth-order valence-electron chi connectivity index (χ4n) is 3.28. The SMILES string of the molecule is Cc1c(Cl)c(O)cc2c1C(=O)C1(CCCC1)C2=O. The van der Waals surface area contributed by atoms with Gasteiger partial charge in [0.1, 0.15) is 5.75 Å². The lowest BCUT2D eigenvalue weighted by Crippen LogP contribution is -2.29. The van der Waals surface area contributed by atoms with E-state index < -0.39 is 5.41 Å². The summed E-state index contributed by atoms with van der Waals surface area (Å²) < 4.78 is 0. The Hall–Kier alpha value is -1.35. The minimum Gasteiger partial charge on any atom is -0.506 e. The zero-order valence-corrected chi connectivity index (χ0v) is 10.8. The summed E-state index contributed by atoms with van der Waals surface area (Å²) in [5.41, 5.74) is 0.435. The predicted octanol–water partition coefficient (Wildman–Crippen LogP) is 3.29. The summed E-state index contributed by atoms with van der Waals surface area (Å²) in [5.74, 6) is -0.349. The average molecular weight is 265 g/mol. The van der Waals surface area contributed by atoms with Gasteiger partial charge < -0.3 is 5.11 Å². The van der Waals surface area contributed by atoms with Crippen LogP contribution in [0.3, 0.4) is 0 Å². The largest absolute Gasteiger partial charge is 0.506 e. The molecule has 1 saturated carbocycles. The molecule has 18 heavy (non-hydrogen) atoms. The van der Waals surface area contributed by atoms with E-state index in [9.17, 15) is 14.7 Å². The van der Waals surface area contributed by atoms with Crippen molar-refractivity contribution < 1.29 is 14.7 Å². The van der Waals surface area contributed by atoms with E-state index >= 15 is 0 Å². The molecule has 94 valence electrons. The summed E-state index contributed by atoms with van der Waals surface area (Å²) in [7, 11) is 0. The molecule has 4 heteroatoms. The molecule has 1 N–H and O–H groups in total. The minimum atomic E-state index is -0.857. The lowest BCUT2D eigenvalue weighted by atomic mass is 9.81. The molecule has 0 atom stereocenters. The fraction of sp³-hybridized carbons (Fsp3) is 0.429. The normalized spacial score (nSPS) is 20.8. The lowest BCUT2D eigenvalue weighted by Gasteiger charge is -2.17. The average Bonchev–Trinajstić information content (AvgIpc) is 2.90. The molecule has 0 aliphatic heterocycles. The Balaban J connectivity index is 2.28. The van der Waals surface area contributed by atoms with Crippen LogP contribution in [0.4, 0.5) is 0 Å². The van der Waals surface area contributed by atoms with Crippen LogP contribution in [0.5, 0.6) is 5.75 Å². The molecule has 0 saturated heterocycles. The second-order valence-corrected chi connectivity index (χ2v) is 5.58. The van der Waals surface area contributed by atoms with Crippen LogP contribution in [0.25, 0.3) is 0 Å². The van der Waals surface area contributed by atoms with Gasteiger partial charge in [0.05, 0.1) is 10.4 Å². The Bertz CT molecular complexity index is 583. The molecule has 1 aromatic carbocycles. The molecule has 1 fully saturated rings. The van der Waals surface area contributed by atoms with Crippen LogP contribution < -0.4 is 0 Å². The van der Waals surface area contributed by atoms with Crippen LogP contribution in [-0.2, 0) is 0 Å². The van der Waals surface area contributed by atoms with Crippen LogP contribution >= 0.6 is 11.6 Å². The van der Waals surface area contributed by atoms with E-state index in [0.717, 1.165) is 12.8 Å². The third-order valence-electron chi connectivity index (χ3n) is 4.28. The maximum absolute atomic E-state index is 12.6. The van der Waals surface area contributed by atoms with Crippen molar-refractivity contribution in [3.8, 4) is 5.75 Å². The maximum Gasteiger partial charge on any atom is 0.177 e. The first kappa shape index (κ1) is 11.7. The Morgan fingerprint density at radius 1 is 1.22 bits per heavy atom. The molecule has 0 bridgehead atoms. The van der Waals surface area contributed by atoms with Crippen molar-refractivity contribution in [2.45, 2.75) is 32.6 Å². The van der Waals surface area contributed by atoms with Gasteiger partial charge in [0, 0.05) is 11.1 Å². The molecule has 2 aliphatic carbocycles. The molecular weight excluding hydrogens is 252 g/mol. The van der Waals surface area contributed by atoms with Gasteiger partial charge in [-0.15, -0.1) is 0 Å². The highest BCUT2D eigenvalue weighted by molar-refractivity contribution is 6.36. The summed E-state index contributed by atoms with van der Waals surface area (Å²) in [6.07, 6.45) is 3.06. The number of phenolic OH excluding ortho intramolecular Hbond substituents is 1. The highest BCUT2D eigenvalue weighted by atomic mass is 35.5. The Labute approximate surface area is 110 Å². The lowest BCUT2D eigenvalue weighted by molar-refractivity contribution is 0.0705.